The summed E-state index contributed by atoms with van der Waals surface area (Å²) >= 11 is 0. The fourth-order valence-corrected chi connectivity index (χ4v) is 3.48. The highest BCUT2D eigenvalue weighted by molar-refractivity contribution is 5.71. The molecular formula is C20H25N5O4. The molecule has 2 aromatic rings. The van der Waals surface area contributed by atoms with Crippen LogP contribution in [-0.4, -0.2) is 32.8 Å². The summed E-state index contributed by atoms with van der Waals surface area (Å²) in [6, 6.07) is 0. The van der Waals surface area contributed by atoms with Crippen LogP contribution in [0, 0.1) is 18.8 Å². The second-order valence-electron chi connectivity index (χ2n) is 8.56. The van der Waals surface area contributed by atoms with Gasteiger partial charge in [0.05, 0.1) is 12.8 Å². The molecule has 3 fully saturated rings. The molecule has 5 rings (SSSR count). The zero-order valence-corrected chi connectivity index (χ0v) is 16.7. The Balaban J connectivity index is 1.30. The number of hydrogen-bond donors (Lipinski definition) is 1. The first-order valence-electron chi connectivity index (χ1n) is 10.3. The molecule has 0 aromatic carbocycles. The molecule has 2 heterocycles. The number of carbonyl (C=O) groups excluding carboxylic acids is 1. The number of ether oxygens (including phenoxy) is 2. The highest BCUT2D eigenvalue weighted by atomic mass is 16.6. The maximum Gasteiger partial charge on any atom is 0.414 e. The minimum Gasteiger partial charge on any atom is -0.476 e. The summed E-state index contributed by atoms with van der Waals surface area (Å²) in [6.45, 7) is 4.26. The molecule has 154 valence electrons. The zero-order valence-electron chi connectivity index (χ0n) is 16.7. The summed E-state index contributed by atoms with van der Waals surface area (Å²) in [6.07, 6.45) is 7.42. The van der Waals surface area contributed by atoms with Crippen molar-refractivity contribution >= 4 is 6.09 Å². The molecule has 1 atom stereocenters. The van der Waals surface area contributed by atoms with E-state index in [9.17, 15) is 4.79 Å². The van der Waals surface area contributed by atoms with E-state index in [4.69, 9.17) is 14.0 Å². The Morgan fingerprint density at radius 2 is 2.03 bits per heavy atom. The Morgan fingerprint density at radius 1 is 1.24 bits per heavy atom. The van der Waals surface area contributed by atoms with Crippen molar-refractivity contribution in [2.24, 2.45) is 11.8 Å². The normalized spacial score (nSPS) is 20.8. The van der Waals surface area contributed by atoms with Gasteiger partial charge in [-0.1, -0.05) is 5.16 Å². The Kier molecular flexibility index (Phi) is 4.40. The standard InChI is InChI=1S/C20H25N5O4/c1-11-22-18(25-29-11)20(2,14-7-8-14)24-19(26)28-15-9-21-16(13-5-6-13)17(23-15)27-10-12-3-4-12/h9,12-14H,3-8,10H2,1-2H3,(H,24,26). The van der Waals surface area contributed by atoms with Gasteiger partial charge in [0.15, 0.2) is 5.82 Å². The Labute approximate surface area is 168 Å². The van der Waals surface area contributed by atoms with Gasteiger partial charge in [-0.15, -0.1) is 0 Å². The summed E-state index contributed by atoms with van der Waals surface area (Å²) in [5.41, 5.74) is 0.116. The number of aromatic nitrogens is 4. The monoisotopic (exact) mass is 399 g/mol. The SMILES string of the molecule is Cc1nc(C(C)(NC(=O)Oc2cnc(C3CC3)c(OCC3CC3)n2)C2CC2)no1. The average molecular weight is 399 g/mol. The summed E-state index contributed by atoms with van der Waals surface area (Å²) in [7, 11) is 0. The van der Waals surface area contributed by atoms with Crippen molar-refractivity contribution in [2.45, 2.75) is 63.8 Å². The van der Waals surface area contributed by atoms with E-state index in [2.05, 4.69) is 25.4 Å². The molecule has 0 aliphatic heterocycles. The van der Waals surface area contributed by atoms with Crippen LogP contribution in [0.4, 0.5) is 4.79 Å². The van der Waals surface area contributed by atoms with Crippen molar-refractivity contribution in [3.63, 3.8) is 0 Å². The lowest BCUT2D eigenvalue weighted by atomic mass is 9.95. The smallest absolute Gasteiger partial charge is 0.414 e. The summed E-state index contributed by atoms with van der Waals surface area (Å²) in [5, 5.41) is 6.91. The first-order chi connectivity index (χ1) is 14.0. The quantitative estimate of drug-likeness (QED) is 0.720. The number of amides is 1. The van der Waals surface area contributed by atoms with Gasteiger partial charge in [0.1, 0.15) is 11.2 Å². The van der Waals surface area contributed by atoms with E-state index in [-0.39, 0.29) is 11.8 Å². The van der Waals surface area contributed by atoms with Gasteiger partial charge >= 0.3 is 6.09 Å². The molecule has 0 saturated heterocycles. The second-order valence-corrected chi connectivity index (χ2v) is 8.56. The van der Waals surface area contributed by atoms with Crippen LogP contribution in [0.3, 0.4) is 0 Å². The van der Waals surface area contributed by atoms with Crippen LogP contribution in [-0.2, 0) is 5.54 Å². The Morgan fingerprint density at radius 3 is 2.66 bits per heavy atom. The molecule has 9 nitrogen and oxygen atoms in total. The maximum absolute atomic E-state index is 12.6. The molecule has 1 N–H and O–H groups in total. The molecule has 3 saturated carbocycles. The predicted molar refractivity (Wildman–Crippen MR) is 100 cm³/mol. The van der Waals surface area contributed by atoms with Gasteiger partial charge in [0.25, 0.3) is 0 Å². The summed E-state index contributed by atoms with van der Waals surface area (Å²) in [4.78, 5) is 25.8. The van der Waals surface area contributed by atoms with E-state index in [1.807, 2.05) is 6.92 Å². The highest BCUT2D eigenvalue weighted by Gasteiger charge is 2.47. The van der Waals surface area contributed by atoms with E-state index < -0.39 is 11.6 Å². The molecule has 9 heteroatoms. The molecule has 29 heavy (non-hydrogen) atoms. The number of hydrogen-bond acceptors (Lipinski definition) is 8. The Bertz CT molecular complexity index is 919. The van der Waals surface area contributed by atoms with Crippen LogP contribution in [0.25, 0.3) is 0 Å². The van der Waals surface area contributed by atoms with E-state index >= 15 is 0 Å². The van der Waals surface area contributed by atoms with E-state index in [0.29, 0.717) is 36.0 Å². The molecule has 3 aliphatic rings. The zero-order chi connectivity index (χ0) is 20.0. The van der Waals surface area contributed by atoms with Crippen LogP contribution >= 0.6 is 0 Å². The Hall–Kier alpha value is -2.71. The molecular weight excluding hydrogens is 374 g/mol. The number of nitrogens with one attached hydrogen (secondary N) is 1. The predicted octanol–water partition coefficient (Wildman–Crippen LogP) is 3.25. The highest BCUT2D eigenvalue weighted by Crippen LogP contribution is 2.45. The van der Waals surface area contributed by atoms with Gasteiger partial charge in [-0.05, 0) is 57.3 Å². The van der Waals surface area contributed by atoms with Crippen molar-refractivity contribution in [1.29, 1.82) is 0 Å². The molecule has 0 radical (unpaired) electrons. The fourth-order valence-electron chi connectivity index (χ4n) is 3.48. The topological polar surface area (TPSA) is 112 Å². The van der Waals surface area contributed by atoms with Crippen LogP contribution in [0.15, 0.2) is 10.7 Å². The first-order valence-corrected chi connectivity index (χ1v) is 10.3. The van der Waals surface area contributed by atoms with Crippen molar-refractivity contribution in [1.82, 2.24) is 25.4 Å². The lowest BCUT2D eigenvalue weighted by molar-refractivity contribution is 0.175. The van der Waals surface area contributed by atoms with Gasteiger partial charge in [-0.2, -0.15) is 9.97 Å². The third-order valence-electron chi connectivity index (χ3n) is 5.81. The lowest BCUT2D eigenvalue weighted by Crippen LogP contribution is -2.47. The van der Waals surface area contributed by atoms with Crippen LogP contribution in [0.5, 0.6) is 11.8 Å². The van der Waals surface area contributed by atoms with Gasteiger partial charge in [0, 0.05) is 12.8 Å². The average Bonchev–Trinajstić information content (AvgIpc) is 3.53. The first kappa shape index (κ1) is 18.3. The molecule has 1 amide bonds. The molecule has 2 aromatic heterocycles. The van der Waals surface area contributed by atoms with E-state index in [1.54, 1.807) is 6.92 Å². The molecule has 1 unspecified atom stereocenters. The minimum absolute atomic E-state index is 0.125. The fraction of sp³-hybridized carbons (Fsp3) is 0.650. The van der Waals surface area contributed by atoms with Crippen LogP contribution in [0.1, 0.15) is 68.8 Å². The molecule has 0 spiro atoms. The minimum atomic E-state index is -0.748. The van der Waals surface area contributed by atoms with Gasteiger partial charge in [0.2, 0.25) is 17.7 Å². The van der Waals surface area contributed by atoms with Crippen LogP contribution < -0.4 is 14.8 Å². The summed E-state index contributed by atoms with van der Waals surface area (Å²) in [5.74, 6) is 2.78. The number of nitrogens with zero attached hydrogens (tertiary/aromatic N) is 4. The van der Waals surface area contributed by atoms with E-state index in [1.165, 1.54) is 19.0 Å². The van der Waals surface area contributed by atoms with Crippen molar-refractivity contribution in [3.8, 4) is 11.8 Å². The van der Waals surface area contributed by atoms with Crippen molar-refractivity contribution in [3.05, 3.63) is 23.6 Å². The summed E-state index contributed by atoms with van der Waals surface area (Å²) < 4.78 is 16.4. The second kappa shape index (κ2) is 6.96. The van der Waals surface area contributed by atoms with Gasteiger partial charge in [-0.3, -0.25) is 0 Å². The maximum atomic E-state index is 12.6. The largest absolute Gasteiger partial charge is 0.476 e. The van der Waals surface area contributed by atoms with Crippen molar-refractivity contribution < 1.29 is 18.8 Å². The van der Waals surface area contributed by atoms with Crippen LogP contribution in [0.2, 0.25) is 0 Å². The number of rotatable bonds is 8. The molecule has 3 aliphatic carbocycles. The van der Waals surface area contributed by atoms with E-state index in [0.717, 1.165) is 31.4 Å². The lowest BCUT2D eigenvalue weighted by Gasteiger charge is -2.26. The number of carbonyl (C=O) groups is 1. The van der Waals surface area contributed by atoms with Crippen molar-refractivity contribution in [2.75, 3.05) is 6.61 Å². The van der Waals surface area contributed by atoms with Gasteiger partial charge in [-0.25, -0.2) is 9.78 Å². The van der Waals surface area contributed by atoms with Gasteiger partial charge < -0.3 is 19.3 Å². The number of aryl methyl sites for hydroxylation is 1. The third-order valence-corrected chi connectivity index (χ3v) is 5.81. The third kappa shape index (κ3) is 4.04. The molecule has 0 bridgehead atoms.